The Labute approximate surface area is 184 Å². The highest BCUT2D eigenvalue weighted by Crippen LogP contribution is 2.52. The van der Waals surface area contributed by atoms with Crippen LogP contribution in [0.2, 0.25) is 0 Å². The van der Waals surface area contributed by atoms with Crippen molar-refractivity contribution in [2.24, 2.45) is 0 Å². The van der Waals surface area contributed by atoms with Crippen LogP contribution in [0.1, 0.15) is 29.5 Å². The van der Waals surface area contributed by atoms with E-state index < -0.39 is 5.60 Å². The van der Waals surface area contributed by atoms with Crippen LogP contribution in [0.25, 0.3) is 0 Å². The van der Waals surface area contributed by atoms with E-state index in [1.165, 1.54) is 11.1 Å². The van der Waals surface area contributed by atoms with E-state index in [-0.39, 0.29) is 11.7 Å². The van der Waals surface area contributed by atoms with E-state index in [1.54, 1.807) is 0 Å². The Morgan fingerprint density at radius 1 is 0.774 bits per heavy atom. The Bertz CT molecular complexity index is 1000. The van der Waals surface area contributed by atoms with Gasteiger partial charge in [0.25, 0.3) is 0 Å². The minimum atomic E-state index is -0.586. The molecule has 2 heterocycles. The number of benzene rings is 3. The Morgan fingerprint density at radius 3 is 2.06 bits per heavy atom. The number of hydrogen-bond donors (Lipinski definition) is 0. The summed E-state index contributed by atoms with van der Waals surface area (Å²) < 4.78 is 19.5. The minimum absolute atomic E-state index is 0.0811. The third-order valence-corrected chi connectivity index (χ3v) is 6.33. The summed E-state index contributed by atoms with van der Waals surface area (Å²) >= 11 is 0. The van der Waals surface area contributed by atoms with Gasteiger partial charge in [0.05, 0.1) is 25.9 Å². The normalized spacial score (nSPS) is 26.8. The zero-order valence-electron chi connectivity index (χ0n) is 17.7. The van der Waals surface area contributed by atoms with Crippen molar-refractivity contribution in [3.8, 4) is 0 Å². The largest absolute Gasteiger partial charge is 0.373 e. The van der Waals surface area contributed by atoms with E-state index in [2.05, 4.69) is 60.7 Å². The van der Waals surface area contributed by atoms with E-state index in [0.29, 0.717) is 19.8 Å². The van der Waals surface area contributed by atoms with Crippen molar-refractivity contribution in [2.45, 2.75) is 43.4 Å². The summed E-state index contributed by atoms with van der Waals surface area (Å²) in [5.74, 6) is 0. The van der Waals surface area contributed by atoms with Crippen LogP contribution in [-0.4, -0.2) is 18.3 Å². The standard InChI is InChI=1S/C28H28O3/c1-4-11-23(12-5-1)20-29-22-28-18-10-17-27(31-28,25-15-8-3-9-16-25)19-26(28)30-21-24-13-6-2-7-14-24/h1-16,18,26H,17,19-22H2/t26-,27-,28-/m1/s1. The number of hydrogen-bond acceptors (Lipinski definition) is 3. The van der Waals surface area contributed by atoms with Crippen molar-refractivity contribution in [1.29, 1.82) is 0 Å². The van der Waals surface area contributed by atoms with Crippen molar-refractivity contribution in [2.75, 3.05) is 6.61 Å². The molecule has 3 nitrogen and oxygen atoms in total. The topological polar surface area (TPSA) is 27.7 Å². The van der Waals surface area contributed by atoms with Gasteiger partial charge in [-0.25, -0.2) is 0 Å². The van der Waals surface area contributed by atoms with Crippen molar-refractivity contribution in [1.82, 2.24) is 0 Å². The van der Waals surface area contributed by atoms with Crippen molar-refractivity contribution in [3.05, 3.63) is 120 Å². The van der Waals surface area contributed by atoms with Gasteiger partial charge in [0, 0.05) is 6.42 Å². The average molecular weight is 413 g/mol. The SMILES string of the molecule is C1=C[C@]2(COCc3ccccc3)O[C@](c3ccccc3)(C1)C[C@H]2OCc1ccccc1. The first kappa shape index (κ1) is 20.2. The second-order valence-corrected chi connectivity index (χ2v) is 8.49. The van der Waals surface area contributed by atoms with Crippen LogP contribution in [0.3, 0.4) is 0 Å². The maximum atomic E-state index is 6.86. The molecule has 2 aliphatic heterocycles. The van der Waals surface area contributed by atoms with Crippen LogP contribution in [-0.2, 0) is 33.0 Å². The maximum absolute atomic E-state index is 6.86. The summed E-state index contributed by atoms with van der Waals surface area (Å²) in [7, 11) is 0. The Hall–Kier alpha value is -2.72. The molecule has 1 saturated heterocycles. The van der Waals surface area contributed by atoms with E-state index in [4.69, 9.17) is 14.2 Å². The minimum Gasteiger partial charge on any atom is -0.373 e. The molecule has 0 N–H and O–H groups in total. The quantitative estimate of drug-likeness (QED) is 0.438. The van der Waals surface area contributed by atoms with Crippen molar-refractivity contribution in [3.63, 3.8) is 0 Å². The van der Waals surface area contributed by atoms with E-state index in [9.17, 15) is 0 Å². The maximum Gasteiger partial charge on any atom is 0.137 e. The Kier molecular flexibility index (Phi) is 5.73. The third kappa shape index (κ3) is 4.22. The van der Waals surface area contributed by atoms with Gasteiger partial charge < -0.3 is 14.2 Å². The molecule has 2 bridgehead atoms. The Balaban J connectivity index is 1.37. The van der Waals surface area contributed by atoms with E-state index in [0.717, 1.165) is 18.4 Å². The summed E-state index contributed by atoms with van der Waals surface area (Å²) in [6.45, 7) is 1.59. The first-order chi connectivity index (χ1) is 15.3. The summed E-state index contributed by atoms with van der Waals surface area (Å²) in [4.78, 5) is 0. The lowest BCUT2D eigenvalue weighted by Crippen LogP contribution is -2.45. The number of ether oxygens (including phenoxy) is 3. The molecule has 2 aliphatic rings. The highest BCUT2D eigenvalue weighted by atomic mass is 16.6. The van der Waals surface area contributed by atoms with Gasteiger partial charge in [-0.3, -0.25) is 0 Å². The smallest absolute Gasteiger partial charge is 0.137 e. The molecule has 0 amide bonds. The molecular formula is C28H28O3. The van der Waals surface area contributed by atoms with Crippen LogP contribution in [0.5, 0.6) is 0 Å². The van der Waals surface area contributed by atoms with Gasteiger partial charge in [-0.2, -0.15) is 0 Å². The molecule has 0 radical (unpaired) electrons. The molecule has 0 spiro atoms. The fraction of sp³-hybridized carbons (Fsp3) is 0.286. The lowest BCUT2D eigenvalue weighted by atomic mass is 9.87. The average Bonchev–Trinajstić information content (AvgIpc) is 3.06. The lowest BCUT2D eigenvalue weighted by molar-refractivity contribution is -0.152. The molecule has 3 heteroatoms. The van der Waals surface area contributed by atoms with Gasteiger partial charge >= 0.3 is 0 Å². The van der Waals surface area contributed by atoms with Gasteiger partial charge in [-0.05, 0) is 23.1 Å². The summed E-state index contributed by atoms with van der Waals surface area (Å²) in [6, 6.07) is 31.1. The Morgan fingerprint density at radius 2 is 1.39 bits per heavy atom. The third-order valence-electron chi connectivity index (χ3n) is 6.33. The van der Waals surface area contributed by atoms with Crippen molar-refractivity contribution < 1.29 is 14.2 Å². The zero-order valence-corrected chi connectivity index (χ0v) is 17.7. The monoisotopic (exact) mass is 412 g/mol. The highest BCUT2D eigenvalue weighted by molar-refractivity contribution is 5.32. The van der Waals surface area contributed by atoms with Crippen LogP contribution in [0, 0.1) is 0 Å². The molecule has 3 atom stereocenters. The lowest BCUT2D eigenvalue weighted by Gasteiger charge is -2.37. The number of rotatable bonds is 8. The molecule has 0 aliphatic carbocycles. The molecule has 3 aromatic rings. The second kappa shape index (κ2) is 8.80. The van der Waals surface area contributed by atoms with Gasteiger partial charge in [0.1, 0.15) is 11.2 Å². The van der Waals surface area contributed by atoms with Gasteiger partial charge in [0.2, 0.25) is 0 Å². The van der Waals surface area contributed by atoms with Gasteiger partial charge in [0.15, 0.2) is 0 Å². The van der Waals surface area contributed by atoms with Gasteiger partial charge in [-0.15, -0.1) is 0 Å². The fourth-order valence-corrected chi connectivity index (χ4v) is 4.74. The van der Waals surface area contributed by atoms with E-state index in [1.807, 2.05) is 42.5 Å². The first-order valence-electron chi connectivity index (χ1n) is 11.0. The molecular weight excluding hydrogens is 384 g/mol. The molecule has 158 valence electrons. The molecule has 0 unspecified atom stereocenters. The van der Waals surface area contributed by atoms with Crippen LogP contribution < -0.4 is 0 Å². The highest BCUT2D eigenvalue weighted by Gasteiger charge is 2.57. The van der Waals surface area contributed by atoms with E-state index >= 15 is 0 Å². The predicted octanol–water partition coefficient (Wildman–Crippen LogP) is 5.80. The molecule has 0 aromatic heterocycles. The summed E-state index contributed by atoms with van der Waals surface area (Å²) in [6.07, 6.45) is 5.99. The molecule has 31 heavy (non-hydrogen) atoms. The van der Waals surface area contributed by atoms with Crippen LogP contribution in [0.15, 0.2) is 103 Å². The first-order valence-corrected chi connectivity index (χ1v) is 11.0. The zero-order chi connectivity index (χ0) is 21.0. The predicted molar refractivity (Wildman–Crippen MR) is 121 cm³/mol. The fourth-order valence-electron chi connectivity index (χ4n) is 4.74. The molecule has 0 saturated carbocycles. The molecule has 5 rings (SSSR count). The summed E-state index contributed by atoms with van der Waals surface area (Å²) in [5, 5.41) is 0. The second-order valence-electron chi connectivity index (χ2n) is 8.49. The van der Waals surface area contributed by atoms with Crippen LogP contribution >= 0.6 is 0 Å². The molecule has 3 aromatic carbocycles. The van der Waals surface area contributed by atoms with Crippen molar-refractivity contribution >= 4 is 0 Å². The summed E-state index contributed by atoms with van der Waals surface area (Å²) in [5.41, 5.74) is 2.58. The number of fused-ring (bicyclic) bond motifs is 2. The van der Waals surface area contributed by atoms with Gasteiger partial charge in [-0.1, -0.05) is 103 Å². The van der Waals surface area contributed by atoms with Crippen LogP contribution in [0.4, 0.5) is 0 Å². The molecule has 1 fully saturated rings.